The Kier molecular flexibility index (Phi) is 3.01. The van der Waals surface area contributed by atoms with Crippen molar-refractivity contribution in [3.8, 4) is 0 Å². The maximum atomic E-state index is 14.4. The molecule has 5 heteroatoms. The number of hydrogen-bond acceptors (Lipinski definition) is 2. The molecule has 2 N–H and O–H groups in total. The van der Waals surface area contributed by atoms with Crippen molar-refractivity contribution in [2.24, 2.45) is 5.92 Å². The summed E-state index contributed by atoms with van der Waals surface area (Å²) in [6, 6.07) is 4.58. The number of carbonyl (C=O) groups is 1. The maximum absolute atomic E-state index is 14.4. The van der Waals surface area contributed by atoms with E-state index in [1.807, 2.05) is 0 Å². The first-order valence-corrected chi connectivity index (χ1v) is 6.59. The molecule has 1 amide bonds. The smallest absolute Gasteiger partial charge is 0.277 e. The lowest BCUT2D eigenvalue weighted by molar-refractivity contribution is -0.116. The molecule has 1 aromatic rings. The van der Waals surface area contributed by atoms with Gasteiger partial charge >= 0.3 is 0 Å². The molecule has 0 aliphatic carbocycles. The fourth-order valence-corrected chi connectivity index (χ4v) is 2.79. The Labute approximate surface area is 110 Å². The van der Waals surface area contributed by atoms with E-state index in [1.54, 1.807) is 12.1 Å². The Morgan fingerprint density at radius 2 is 2.11 bits per heavy atom. The van der Waals surface area contributed by atoms with Gasteiger partial charge in [-0.1, -0.05) is 6.07 Å². The molecule has 2 aliphatic rings. The minimum Gasteiger partial charge on any atom is -0.326 e. The van der Waals surface area contributed by atoms with E-state index in [-0.39, 0.29) is 11.5 Å². The van der Waals surface area contributed by atoms with Gasteiger partial charge in [0.2, 0.25) is 5.91 Å². The molecule has 19 heavy (non-hydrogen) atoms. The lowest BCUT2D eigenvalue weighted by atomic mass is 9.91. The lowest BCUT2D eigenvalue weighted by Crippen LogP contribution is -2.28. The van der Waals surface area contributed by atoms with Gasteiger partial charge in [-0.25, -0.2) is 8.78 Å². The second-order valence-electron chi connectivity index (χ2n) is 5.23. The van der Waals surface area contributed by atoms with Crippen molar-refractivity contribution >= 4 is 11.6 Å². The van der Waals surface area contributed by atoms with Crippen molar-refractivity contribution in [2.45, 2.75) is 25.2 Å². The number of rotatable bonds is 2. The molecule has 0 radical (unpaired) electrons. The number of aryl methyl sites for hydroxylation is 1. The Hall–Kier alpha value is -1.49. The Bertz CT molecular complexity index is 510. The molecule has 3 nitrogen and oxygen atoms in total. The minimum absolute atomic E-state index is 0.0491. The van der Waals surface area contributed by atoms with Crippen molar-refractivity contribution in [2.75, 3.05) is 18.4 Å². The van der Waals surface area contributed by atoms with Crippen molar-refractivity contribution in [3.63, 3.8) is 0 Å². The third-order valence-corrected chi connectivity index (χ3v) is 3.96. The number of amides is 1. The van der Waals surface area contributed by atoms with Crippen LogP contribution in [-0.2, 0) is 17.1 Å². The number of fused-ring (bicyclic) bond motifs is 1. The molecule has 1 fully saturated rings. The van der Waals surface area contributed by atoms with Gasteiger partial charge in [0.1, 0.15) is 0 Å². The summed E-state index contributed by atoms with van der Waals surface area (Å²) in [5, 5.41) is 5.69. The summed E-state index contributed by atoms with van der Waals surface area (Å²) in [4.78, 5) is 11.2. The molecule has 2 aliphatic heterocycles. The van der Waals surface area contributed by atoms with Gasteiger partial charge < -0.3 is 10.6 Å². The van der Waals surface area contributed by atoms with Crippen LogP contribution in [-0.4, -0.2) is 19.0 Å². The number of halogens is 2. The molecule has 0 spiro atoms. The normalized spacial score (nSPS) is 23.1. The molecule has 1 unspecified atom stereocenters. The summed E-state index contributed by atoms with van der Waals surface area (Å²) in [5.74, 6) is -3.49. The number of benzene rings is 1. The van der Waals surface area contributed by atoms with Crippen molar-refractivity contribution in [1.29, 1.82) is 0 Å². The van der Waals surface area contributed by atoms with Crippen LogP contribution in [0.5, 0.6) is 0 Å². The van der Waals surface area contributed by atoms with E-state index in [1.165, 1.54) is 6.07 Å². The summed E-state index contributed by atoms with van der Waals surface area (Å²) in [7, 11) is 0. The third kappa shape index (κ3) is 2.23. The molecule has 102 valence electrons. The van der Waals surface area contributed by atoms with Gasteiger partial charge in [0.25, 0.3) is 5.92 Å². The van der Waals surface area contributed by atoms with Gasteiger partial charge in [0, 0.05) is 30.1 Å². The number of anilines is 1. The molecule has 1 atom stereocenters. The van der Waals surface area contributed by atoms with Crippen LogP contribution in [0, 0.1) is 5.92 Å². The zero-order valence-corrected chi connectivity index (χ0v) is 10.5. The largest absolute Gasteiger partial charge is 0.326 e. The Balaban J connectivity index is 1.91. The van der Waals surface area contributed by atoms with Gasteiger partial charge in [0.15, 0.2) is 0 Å². The fourth-order valence-electron chi connectivity index (χ4n) is 2.79. The minimum atomic E-state index is -2.81. The quantitative estimate of drug-likeness (QED) is 0.862. The fraction of sp³-hybridized carbons (Fsp3) is 0.500. The summed E-state index contributed by atoms with van der Waals surface area (Å²) in [5.41, 5.74) is 1.54. The monoisotopic (exact) mass is 266 g/mol. The van der Waals surface area contributed by atoms with Crippen LogP contribution in [0.15, 0.2) is 18.2 Å². The third-order valence-electron chi connectivity index (χ3n) is 3.96. The van der Waals surface area contributed by atoms with Gasteiger partial charge in [-0.2, -0.15) is 0 Å². The standard InChI is InChI=1S/C14H16F2N2O/c15-14(16,11-5-6-17-8-11)10-2-3-12-9(7-10)1-4-13(19)18-12/h2-3,7,11,17H,1,4-6,8H2,(H,18,19). The first kappa shape index (κ1) is 12.5. The van der Waals surface area contributed by atoms with Crippen LogP contribution in [0.4, 0.5) is 14.5 Å². The van der Waals surface area contributed by atoms with Gasteiger partial charge in [-0.3, -0.25) is 4.79 Å². The van der Waals surface area contributed by atoms with Crippen LogP contribution >= 0.6 is 0 Å². The highest BCUT2D eigenvalue weighted by Crippen LogP contribution is 2.40. The predicted molar refractivity (Wildman–Crippen MR) is 68.3 cm³/mol. The summed E-state index contributed by atoms with van der Waals surface area (Å²) < 4.78 is 28.8. The second-order valence-corrected chi connectivity index (χ2v) is 5.23. The summed E-state index contributed by atoms with van der Waals surface area (Å²) in [6.07, 6.45) is 1.40. The van der Waals surface area contributed by atoms with Crippen LogP contribution in [0.2, 0.25) is 0 Å². The first-order chi connectivity index (χ1) is 9.07. The topological polar surface area (TPSA) is 41.1 Å². The average Bonchev–Trinajstić information content (AvgIpc) is 2.92. The summed E-state index contributed by atoms with van der Waals surface area (Å²) in [6.45, 7) is 1.02. The van der Waals surface area contributed by atoms with E-state index in [0.717, 1.165) is 5.56 Å². The van der Waals surface area contributed by atoms with Crippen molar-refractivity contribution in [3.05, 3.63) is 29.3 Å². The molecule has 3 rings (SSSR count). The van der Waals surface area contributed by atoms with Crippen LogP contribution in [0.3, 0.4) is 0 Å². The number of hydrogen-bond donors (Lipinski definition) is 2. The van der Waals surface area contributed by atoms with E-state index in [9.17, 15) is 13.6 Å². The van der Waals surface area contributed by atoms with Crippen LogP contribution in [0.25, 0.3) is 0 Å². The van der Waals surface area contributed by atoms with Gasteiger partial charge in [0.05, 0.1) is 0 Å². The molecule has 0 bridgehead atoms. The maximum Gasteiger partial charge on any atom is 0.277 e. The summed E-state index contributed by atoms with van der Waals surface area (Å²) >= 11 is 0. The SMILES string of the molecule is O=C1CCc2cc(C(F)(F)C3CCNC3)ccc2N1. The zero-order valence-electron chi connectivity index (χ0n) is 10.5. The number of alkyl halides is 2. The Morgan fingerprint density at radius 3 is 2.84 bits per heavy atom. The van der Waals surface area contributed by atoms with Crippen LogP contribution in [0.1, 0.15) is 24.0 Å². The van der Waals surface area contributed by atoms with E-state index < -0.39 is 11.8 Å². The lowest BCUT2D eigenvalue weighted by Gasteiger charge is -2.25. The molecule has 0 saturated carbocycles. The molecule has 1 saturated heterocycles. The Morgan fingerprint density at radius 1 is 1.26 bits per heavy atom. The van der Waals surface area contributed by atoms with E-state index in [2.05, 4.69) is 10.6 Å². The highest BCUT2D eigenvalue weighted by molar-refractivity contribution is 5.93. The highest BCUT2D eigenvalue weighted by Gasteiger charge is 2.42. The first-order valence-electron chi connectivity index (χ1n) is 6.59. The van der Waals surface area contributed by atoms with E-state index >= 15 is 0 Å². The molecule has 0 aromatic heterocycles. The predicted octanol–water partition coefficient (Wildman–Crippen LogP) is 2.27. The van der Waals surface area contributed by atoms with Crippen molar-refractivity contribution in [1.82, 2.24) is 5.32 Å². The molecular weight excluding hydrogens is 250 g/mol. The molecular formula is C14H16F2N2O. The van der Waals surface area contributed by atoms with Gasteiger partial charge in [-0.05, 0) is 37.1 Å². The number of carbonyl (C=O) groups excluding carboxylic acids is 1. The molecule has 1 aromatic carbocycles. The van der Waals surface area contributed by atoms with Crippen LogP contribution < -0.4 is 10.6 Å². The highest BCUT2D eigenvalue weighted by atomic mass is 19.3. The van der Waals surface area contributed by atoms with E-state index in [4.69, 9.17) is 0 Å². The number of nitrogens with one attached hydrogen (secondary N) is 2. The second kappa shape index (κ2) is 4.56. The zero-order chi connectivity index (χ0) is 13.5. The van der Waals surface area contributed by atoms with Crippen molar-refractivity contribution < 1.29 is 13.6 Å². The van der Waals surface area contributed by atoms with Gasteiger partial charge in [-0.15, -0.1) is 0 Å². The molecule has 2 heterocycles. The van der Waals surface area contributed by atoms with E-state index in [0.29, 0.717) is 38.0 Å². The average molecular weight is 266 g/mol.